The van der Waals surface area contributed by atoms with Crippen molar-refractivity contribution in [1.82, 2.24) is 10.2 Å². The fourth-order valence-electron chi connectivity index (χ4n) is 4.42. The summed E-state index contributed by atoms with van der Waals surface area (Å²) in [7, 11) is 0. The molecule has 0 aliphatic carbocycles. The molecule has 3 amide bonds. The number of anilines is 1. The number of benzene rings is 3. The molecule has 0 bridgehead atoms. The Kier molecular flexibility index (Phi) is 6.68. The summed E-state index contributed by atoms with van der Waals surface area (Å²) in [6.07, 6.45) is 0.800. The zero-order valence-corrected chi connectivity index (χ0v) is 20.2. The molecular formula is C28H31N3O3. The quantitative estimate of drug-likeness (QED) is 0.544. The molecular weight excluding hydrogens is 426 g/mol. The normalized spacial score (nSPS) is 14.2. The highest BCUT2D eigenvalue weighted by Gasteiger charge is 2.34. The molecule has 0 saturated heterocycles. The third-order valence-corrected chi connectivity index (χ3v) is 6.55. The average molecular weight is 458 g/mol. The minimum absolute atomic E-state index is 0.0122. The molecule has 2 atom stereocenters. The number of carbonyl (C=O) groups is 3. The maximum absolute atomic E-state index is 13.7. The van der Waals surface area contributed by atoms with Crippen LogP contribution in [0.25, 0.3) is 10.8 Å². The van der Waals surface area contributed by atoms with Gasteiger partial charge in [0.05, 0.1) is 5.69 Å². The summed E-state index contributed by atoms with van der Waals surface area (Å²) >= 11 is 0. The van der Waals surface area contributed by atoms with Crippen molar-refractivity contribution in [3.05, 3.63) is 77.4 Å². The van der Waals surface area contributed by atoms with Crippen molar-refractivity contribution in [2.24, 2.45) is 0 Å². The molecule has 1 N–H and O–H groups in total. The number of carbonyl (C=O) groups excluding carboxylic acids is 3. The van der Waals surface area contributed by atoms with Crippen LogP contribution in [0.5, 0.6) is 0 Å². The molecule has 3 aromatic rings. The Morgan fingerprint density at radius 2 is 1.74 bits per heavy atom. The summed E-state index contributed by atoms with van der Waals surface area (Å²) in [5.74, 6) is -0.660. The van der Waals surface area contributed by atoms with E-state index in [-0.39, 0.29) is 36.9 Å². The first-order valence-corrected chi connectivity index (χ1v) is 11.8. The Balaban J connectivity index is 1.62. The summed E-state index contributed by atoms with van der Waals surface area (Å²) in [6.45, 7) is 7.84. The highest BCUT2D eigenvalue weighted by atomic mass is 16.2. The fraction of sp³-hybridized carbons (Fsp3) is 0.321. The van der Waals surface area contributed by atoms with Crippen LogP contribution in [0.1, 0.15) is 48.7 Å². The smallest absolute Gasteiger partial charge is 0.259 e. The predicted molar refractivity (Wildman–Crippen MR) is 135 cm³/mol. The lowest BCUT2D eigenvalue weighted by Crippen LogP contribution is -2.52. The van der Waals surface area contributed by atoms with Crippen LogP contribution in [-0.4, -0.2) is 41.2 Å². The summed E-state index contributed by atoms with van der Waals surface area (Å²) in [5, 5.41) is 4.82. The number of aryl methyl sites for hydroxylation is 1. The van der Waals surface area contributed by atoms with E-state index in [9.17, 15) is 14.4 Å². The van der Waals surface area contributed by atoms with E-state index < -0.39 is 6.04 Å². The van der Waals surface area contributed by atoms with Crippen LogP contribution in [0.15, 0.2) is 60.7 Å². The van der Waals surface area contributed by atoms with Crippen LogP contribution in [-0.2, 0) is 16.1 Å². The highest BCUT2D eigenvalue weighted by molar-refractivity contribution is 6.26. The van der Waals surface area contributed by atoms with Crippen LogP contribution in [0.3, 0.4) is 0 Å². The van der Waals surface area contributed by atoms with Gasteiger partial charge in [0.2, 0.25) is 11.8 Å². The second-order valence-corrected chi connectivity index (χ2v) is 9.08. The van der Waals surface area contributed by atoms with Gasteiger partial charge in [-0.15, -0.1) is 0 Å². The molecule has 0 unspecified atom stereocenters. The summed E-state index contributed by atoms with van der Waals surface area (Å²) < 4.78 is 0. The van der Waals surface area contributed by atoms with Gasteiger partial charge >= 0.3 is 0 Å². The third kappa shape index (κ3) is 4.53. The minimum Gasteiger partial charge on any atom is -0.352 e. The van der Waals surface area contributed by atoms with E-state index >= 15 is 0 Å². The molecule has 176 valence electrons. The van der Waals surface area contributed by atoms with E-state index in [0.29, 0.717) is 5.56 Å². The molecule has 34 heavy (non-hydrogen) atoms. The maximum Gasteiger partial charge on any atom is 0.259 e. The van der Waals surface area contributed by atoms with Gasteiger partial charge in [-0.1, -0.05) is 61.0 Å². The van der Waals surface area contributed by atoms with Crippen LogP contribution in [0, 0.1) is 6.92 Å². The van der Waals surface area contributed by atoms with Gasteiger partial charge in [0.15, 0.2) is 0 Å². The second-order valence-electron chi connectivity index (χ2n) is 9.08. The molecule has 1 aliphatic heterocycles. The van der Waals surface area contributed by atoms with Gasteiger partial charge in [-0.25, -0.2) is 0 Å². The van der Waals surface area contributed by atoms with Crippen LogP contribution >= 0.6 is 0 Å². The van der Waals surface area contributed by atoms with Gasteiger partial charge in [-0.3, -0.25) is 19.3 Å². The highest BCUT2D eigenvalue weighted by Crippen LogP contribution is 2.37. The molecule has 0 spiro atoms. The van der Waals surface area contributed by atoms with Crippen molar-refractivity contribution in [1.29, 1.82) is 0 Å². The van der Waals surface area contributed by atoms with Gasteiger partial charge in [0, 0.05) is 23.5 Å². The molecule has 0 fully saturated rings. The van der Waals surface area contributed by atoms with Gasteiger partial charge in [-0.2, -0.15) is 0 Å². The number of hydrogen-bond acceptors (Lipinski definition) is 3. The Bertz CT molecular complexity index is 1250. The van der Waals surface area contributed by atoms with Crippen molar-refractivity contribution in [2.45, 2.75) is 52.7 Å². The van der Waals surface area contributed by atoms with Crippen LogP contribution < -0.4 is 10.2 Å². The van der Waals surface area contributed by atoms with Crippen LogP contribution in [0.2, 0.25) is 0 Å². The zero-order valence-electron chi connectivity index (χ0n) is 20.2. The molecule has 0 radical (unpaired) electrons. The van der Waals surface area contributed by atoms with E-state index in [4.69, 9.17) is 0 Å². The van der Waals surface area contributed by atoms with E-state index in [1.807, 2.05) is 75.4 Å². The SMILES string of the molecule is CC[C@H](C)NC(=O)[C@@H](C)N(Cc1cccc(C)c1)C(=O)CN1C(=O)c2cccc3cccc1c23. The number of nitrogens with zero attached hydrogens (tertiary/aromatic N) is 2. The molecule has 4 rings (SSSR count). The summed E-state index contributed by atoms with van der Waals surface area (Å²) in [6, 6.07) is 18.6. The number of amides is 3. The zero-order chi connectivity index (χ0) is 24.4. The first kappa shape index (κ1) is 23.5. The molecule has 1 aliphatic rings. The van der Waals surface area contributed by atoms with Crippen molar-refractivity contribution in [2.75, 3.05) is 11.4 Å². The Morgan fingerprint density at radius 1 is 1.03 bits per heavy atom. The Hall–Kier alpha value is -3.67. The fourth-order valence-corrected chi connectivity index (χ4v) is 4.42. The van der Waals surface area contributed by atoms with E-state index in [1.165, 1.54) is 4.90 Å². The molecule has 0 aromatic heterocycles. The van der Waals surface area contributed by atoms with E-state index in [0.717, 1.165) is 34.0 Å². The van der Waals surface area contributed by atoms with E-state index in [2.05, 4.69) is 5.32 Å². The first-order valence-electron chi connectivity index (χ1n) is 11.8. The van der Waals surface area contributed by atoms with E-state index in [1.54, 1.807) is 17.9 Å². The lowest BCUT2D eigenvalue weighted by Gasteiger charge is -2.31. The average Bonchev–Trinajstić information content (AvgIpc) is 3.10. The van der Waals surface area contributed by atoms with Crippen molar-refractivity contribution in [3.63, 3.8) is 0 Å². The molecule has 0 saturated carbocycles. The largest absolute Gasteiger partial charge is 0.352 e. The lowest BCUT2D eigenvalue weighted by atomic mass is 10.1. The third-order valence-electron chi connectivity index (χ3n) is 6.55. The predicted octanol–water partition coefficient (Wildman–Crippen LogP) is 4.44. The second kappa shape index (κ2) is 9.67. The maximum atomic E-state index is 13.7. The summed E-state index contributed by atoms with van der Waals surface area (Å²) in [4.78, 5) is 42.9. The van der Waals surface area contributed by atoms with Crippen molar-refractivity contribution >= 4 is 34.2 Å². The molecule has 1 heterocycles. The van der Waals surface area contributed by atoms with Crippen molar-refractivity contribution < 1.29 is 14.4 Å². The molecule has 6 heteroatoms. The Labute approximate surface area is 200 Å². The lowest BCUT2D eigenvalue weighted by molar-refractivity contribution is -0.139. The van der Waals surface area contributed by atoms with Crippen molar-refractivity contribution in [3.8, 4) is 0 Å². The monoisotopic (exact) mass is 457 g/mol. The number of nitrogens with one attached hydrogen (secondary N) is 1. The first-order chi connectivity index (χ1) is 16.3. The minimum atomic E-state index is -0.683. The number of hydrogen-bond donors (Lipinski definition) is 1. The standard InChI is InChI=1S/C28H31N3O3/c1-5-19(3)29-27(33)20(4)30(16-21-10-6-9-18(2)15-21)25(32)17-31-24-14-8-12-22-11-7-13-23(26(22)24)28(31)34/h6-15,19-20H,5,16-17H2,1-4H3,(H,29,33)/t19-,20+/m0/s1. The molecule has 3 aromatic carbocycles. The number of rotatable bonds is 8. The Morgan fingerprint density at radius 3 is 2.44 bits per heavy atom. The van der Waals surface area contributed by atoms with Gasteiger partial charge in [0.25, 0.3) is 5.91 Å². The van der Waals surface area contributed by atoms with Gasteiger partial charge in [0.1, 0.15) is 12.6 Å². The topological polar surface area (TPSA) is 69.7 Å². The van der Waals surface area contributed by atoms with Gasteiger partial charge < -0.3 is 10.2 Å². The molecule has 6 nitrogen and oxygen atoms in total. The summed E-state index contributed by atoms with van der Waals surface area (Å²) in [5.41, 5.74) is 3.36. The van der Waals surface area contributed by atoms with Crippen LogP contribution in [0.4, 0.5) is 5.69 Å². The van der Waals surface area contributed by atoms with Gasteiger partial charge in [-0.05, 0) is 50.3 Å².